The number of urea groups is 1. The Balaban J connectivity index is 2.20. The van der Waals surface area contributed by atoms with Crippen molar-refractivity contribution in [2.75, 3.05) is 19.8 Å². The van der Waals surface area contributed by atoms with Gasteiger partial charge in [0.25, 0.3) is 5.91 Å². The molecule has 0 aliphatic carbocycles. The molecule has 1 aromatic carbocycles. The Morgan fingerprint density at radius 2 is 1.88 bits per heavy atom. The third-order valence-electron chi connectivity index (χ3n) is 2.81. The van der Waals surface area contributed by atoms with Gasteiger partial charge in [-0.2, -0.15) is 0 Å². The smallest absolute Gasteiger partial charge is 0.344 e. The minimum atomic E-state index is -0.745. The van der Waals surface area contributed by atoms with Crippen LogP contribution in [0.5, 0.6) is 5.75 Å². The zero-order valence-corrected chi connectivity index (χ0v) is 14.4. The van der Waals surface area contributed by atoms with Gasteiger partial charge in [0.2, 0.25) is 0 Å². The summed E-state index contributed by atoms with van der Waals surface area (Å²) in [6.45, 7) is 3.55. The SMILES string of the molecule is CC(C)CCNC(=O)NC(=O)COC(=O)COc1ccccc1Cl. The van der Waals surface area contributed by atoms with Crippen LogP contribution >= 0.6 is 11.6 Å². The van der Waals surface area contributed by atoms with Crippen LogP contribution in [0.4, 0.5) is 4.79 Å². The fourth-order valence-corrected chi connectivity index (χ4v) is 1.76. The van der Waals surface area contributed by atoms with Crippen LogP contribution in [0, 0.1) is 5.92 Å². The van der Waals surface area contributed by atoms with Crippen molar-refractivity contribution in [3.05, 3.63) is 29.3 Å². The maximum atomic E-state index is 11.5. The van der Waals surface area contributed by atoms with Crippen molar-refractivity contribution in [2.24, 2.45) is 5.92 Å². The van der Waals surface area contributed by atoms with Crippen molar-refractivity contribution >= 4 is 29.5 Å². The number of hydrogen-bond acceptors (Lipinski definition) is 5. The molecule has 24 heavy (non-hydrogen) atoms. The van der Waals surface area contributed by atoms with Crippen molar-refractivity contribution in [1.29, 1.82) is 0 Å². The van der Waals surface area contributed by atoms with E-state index in [0.717, 1.165) is 6.42 Å². The zero-order chi connectivity index (χ0) is 17.9. The van der Waals surface area contributed by atoms with E-state index >= 15 is 0 Å². The number of imide groups is 1. The second kappa shape index (κ2) is 10.5. The van der Waals surface area contributed by atoms with E-state index in [1.807, 2.05) is 13.8 Å². The van der Waals surface area contributed by atoms with E-state index in [1.165, 1.54) is 0 Å². The summed E-state index contributed by atoms with van der Waals surface area (Å²) in [4.78, 5) is 34.4. The van der Waals surface area contributed by atoms with Gasteiger partial charge in [-0.15, -0.1) is 0 Å². The molecule has 0 aliphatic heterocycles. The van der Waals surface area contributed by atoms with Crippen molar-refractivity contribution in [3.8, 4) is 5.75 Å². The lowest BCUT2D eigenvalue weighted by Gasteiger charge is -2.09. The van der Waals surface area contributed by atoms with E-state index in [9.17, 15) is 14.4 Å². The van der Waals surface area contributed by atoms with Crippen LogP contribution in [0.15, 0.2) is 24.3 Å². The summed E-state index contributed by atoms with van der Waals surface area (Å²) < 4.78 is 9.88. The normalized spacial score (nSPS) is 10.2. The summed E-state index contributed by atoms with van der Waals surface area (Å²) >= 11 is 5.87. The third-order valence-corrected chi connectivity index (χ3v) is 3.12. The average molecular weight is 357 g/mol. The number of nitrogens with one attached hydrogen (secondary N) is 2. The molecule has 0 unspecified atom stereocenters. The highest BCUT2D eigenvalue weighted by Gasteiger charge is 2.12. The van der Waals surface area contributed by atoms with Crippen molar-refractivity contribution in [1.82, 2.24) is 10.6 Å². The second-order valence-electron chi connectivity index (χ2n) is 5.37. The monoisotopic (exact) mass is 356 g/mol. The number of esters is 1. The molecule has 7 nitrogen and oxygen atoms in total. The number of rotatable bonds is 8. The number of benzene rings is 1. The first-order chi connectivity index (χ1) is 11.4. The molecule has 3 amide bonds. The van der Waals surface area contributed by atoms with Crippen LogP contribution in [0.2, 0.25) is 5.02 Å². The molecule has 1 aromatic rings. The van der Waals surface area contributed by atoms with Gasteiger partial charge in [-0.05, 0) is 24.5 Å². The summed E-state index contributed by atoms with van der Waals surface area (Å²) in [6, 6.07) is 6.03. The molecule has 0 spiro atoms. The standard InChI is InChI=1S/C16H21ClN2O5/c1-11(2)7-8-18-16(22)19-14(20)9-24-15(21)10-23-13-6-4-3-5-12(13)17/h3-6,11H,7-10H2,1-2H3,(H2,18,19,20,22). The Morgan fingerprint density at radius 1 is 1.17 bits per heavy atom. The van der Waals surface area contributed by atoms with Gasteiger partial charge in [0.05, 0.1) is 5.02 Å². The van der Waals surface area contributed by atoms with Gasteiger partial charge in [-0.25, -0.2) is 9.59 Å². The van der Waals surface area contributed by atoms with Gasteiger partial charge in [0.1, 0.15) is 5.75 Å². The Labute approximate surface area is 145 Å². The first kappa shape index (κ1) is 19.8. The first-order valence-corrected chi connectivity index (χ1v) is 7.87. The van der Waals surface area contributed by atoms with Gasteiger partial charge in [0.15, 0.2) is 13.2 Å². The molecule has 8 heteroatoms. The van der Waals surface area contributed by atoms with E-state index < -0.39 is 31.1 Å². The van der Waals surface area contributed by atoms with Gasteiger partial charge in [-0.3, -0.25) is 10.1 Å². The minimum Gasteiger partial charge on any atom is -0.480 e. The molecular weight excluding hydrogens is 336 g/mol. The molecule has 0 saturated carbocycles. The second-order valence-corrected chi connectivity index (χ2v) is 5.77. The molecule has 0 radical (unpaired) electrons. The number of hydrogen-bond donors (Lipinski definition) is 2. The number of carbonyl (C=O) groups is 3. The molecule has 0 bridgehead atoms. The lowest BCUT2D eigenvalue weighted by molar-refractivity contribution is -0.150. The third kappa shape index (κ3) is 8.38. The van der Waals surface area contributed by atoms with Crippen LogP contribution in [-0.4, -0.2) is 37.7 Å². The Morgan fingerprint density at radius 3 is 2.54 bits per heavy atom. The summed E-state index contributed by atoms with van der Waals surface area (Å²) in [6.07, 6.45) is 0.802. The Hall–Kier alpha value is -2.28. The van der Waals surface area contributed by atoms with Crippen molar-refractivity contribution < 1.29 is 23.9 Å². The molecule has 0 aliphatic rings. The van der Waals surface area contributed by atoms with Crippen LogP contribution in [0.25, 0.3) is 0 Å². The first-order valence-electron chi connectivity index (χ1n) is 7.49. The Kier molecular flexibility index (Phi) is 8.64. The van der Waals surface area contributed by atoms with Gasteiger partial charge >= 0.3 is 12.0 Å². The maximum absolute atomic E-state index is 11.5. The van der Waals surface area contributed by atoms with Crippen LogP contribution in [0.1, 0.15) is 20.3 Å². The summed E-state index contributed by atoms with van der Waals surface area (Å²) in [5.41, 5.74) is 0. The molecule has 1 rings (SSSR count). The molecule has 132 valence electrons. The molecule has 0 saturated heterocycles. The highest BCUT2D eigenvalue weighted by molar-refractivity contribution is 6.32. The van der Waals surface area contributed by atoms with Gasteiger partial charge in [-0.1, -0.05) is 37.6 Å². The maximum Gasteiger partial charge on any atom is 0.344 e. The molecule has 0 aromatic heterocycles. The highest BCUT2D eigenvalue weighted by Crippen LogP contribution is 2.22. The lowest BCUT2D eigenvalue weighted by Crippen LogP contribution is -2.42. The summed E-state index contributed by atoms with van der Waals surface area (Å²) in [5.74, 6) is -0.682. The number of ether oxygens (including phenoxy) is 2. The molecule has 0 heterocycles. The number of para-hydroxylation sites is 1. The van der Waals surface area contributed by atoms with Crippen LogP contribution in [0.3, 0.4) is 0 Å². The summed E-state index contributed by atoms with van der Waals surface area (Å²) in [5, 5.41) is 4.96. The number of amides is 3. The van der Waals surface area contributed by atoms with E-state index in [1.54, 1.807) is 24.3 Å². The van der Waals surface area contributed by atoms with E-state index in [4.69, 9.17) is 21.1 Å². The quantitative estimate of drug-likeness (QED) is 0.696. The fraction of sp³-hybridized carbons (Fsp3) is 0.438. The summed E-state index contributed by atoms with van der Waals surface area (Å²) in [7, 11) is 0. The Bertz CT molecular complexity index is 577. The predicted molar refractivity (Wildman–Crippen MR) is 88.9 cm³/mol. The predicted octanol–water partition coefficient (Wildman–Crippen LogP) is 2.13. The number of halogens is 1. The van der Waals surface area contributed by atoms with Crippen LogP contribution in [-0.2, 0) is 14.3 Å². The fourth-order valence-electron chi connectivity index (χ4n) is 1.57. The lowest BCUT2D eigenvalue weighted by atomic mass is 10.1. The van der Waals surface area contributed by atoms with Gasteiger partial charge < -0.3 is 14.8 Å². The van der Waals surface area contributed by atoms with E-state index in [0.29, 0.717) is 23.2 Å². The van der Waals surface area contributed by atoms with Gasteiger partial charge in [0, 0.05) is 6.54 Å². The molecule has 2 N–H and O–H groups in total. The average Bonchev–Trinajstić information content (AvgIpc) is 2.51. The van der Waals surface area contributed by atoms with Crippen LogP contribution < -0.4 is 15.4 Å². The van der Waals surface area contributed by atoms with E-state index in [-0.39, 0.29) is 0 Å². The molecule has 0 fully saturated rings. The molecular formula is C16H21ClN2O5. The largest absolute Gasteiger partial charge is 0.480 e. The minimum absolute atomic E-state index is 0.338. The van der Waals surface area contributed by atoms with Crippen molar-refractivity contribution in [3.63, 3.8) is 0 Å². The number of carbonyl (C=O) groups excluding carboxylic acids is 3. The zero-order valence-electron chi connectivity index (χ0n) is 13.6. The van der Waals surface area contributed by atoms with Crippen molar-refractivity contribution in [2.45, 2.75) is 20.3 Å². The molecule has 0 atom stereocenters. The topological polar surface area (TPSA) is 93.7 Å². The van der Waals surface area contributed by atoms with E-state index in [2.05, 4.69) is 10.6 Å². The highest BCUT2D eigenvalue weighted by atomic mass is 35.5.